The molecule has 7 heteroatoms. The molecule has 14 heavy (non-hydrogen) atoms. The second-order valence-corrected chi connectivity index (χ2v) is 2.47. The van der Waals surface area contributed by atoms with Crippen LogP contribution in [0.5, 0.6) is 0 Å². The van der Waals surface area contributed by atoms with Crippen molar-refractivity contribution in [2.75, 3.05) is 11.5 Å². The number of rotatable bonds is 2. The predicted molar refractivity (Wildman–Crippen MR) is 47.0 cm³/mol. The minimum Gasteiger partial charge on any atom is -0.476 e. The number of pyridine rings is 1. The summed E-state index contributed by atoms with van der Waals surface area (Å²) in [6.07, 6.45) is 0. The fraction of sp³-hybridized carbons (Fsp3) is 0. The van der Waals surface area contributed by atoms with E-state index < -0.39 is 23.3 Å². The van der Waals surface area contributed by atoms with Gasteiger partial charge in [0.25, 0.3) is 0 Å². The van der Waals surface area contributed by atoms with Crippen molar-refractivity contribution in [2.24, 2.45) is 0 Å². The van der Waals surface area contributed by atoms with Crippen LogP contribution in [0.25, 0.3) is 0 Å². The molecule has 0 aliphatic carbocycles. The smallest absolute Gasteiger partial charge is 0.356 e. The van der Waals surface area contributed by atoms with E-state index >= 15 is 0 Å². The largest absolute Gasteiger partial charge is 0.476 e. The highest BCUT2D eigenvalue weighted by Crippen LogP contribution is 2.17. The van der Waals surface area contributed by atoms with Crippen molar-refractivity contribution in [1.29, 1.82) is 0 Å². The number of carbonyl (C=O) groups is 2. The molecule has 1 aromatic rings. The van der Waals surface area contributed by atoms with Crippen LogP contribution in [0.15, 0.2) is 6.07 Å². The Morgan fingerprint density at radius 1 is 1.07 bits per heavy atom. The SMILES string of the molecule is Nc1cc(N)c(C(=O)O)nc1C(=O)O. The molecule has 0 amide bonds. The summed E-state index contributed by atoms with van der Waals surface area (Å²) in [4.78, 5) is 24.4. The van der Waals surface area contributed by atoms with E-state index in [1.807, 2.05) is 0 Å². The lowest BCUT2D eigenvalue weighted by Gasteiger charge is -2.04. The van der Waals surface area contributed by atoms with Gasteiger partial charge in [0.15, 0.2) is 11.4 Å². The van der Waals surface area contributed by atoms with Gasteiger partial charge in [0.1, 0.15) is 0 Å². The first kappa shape index (κ1) is 9.78. The number of aromatic carboxylic acids is 2. The Kier molecular flexibility index (Phi) is 2.24. The second-order valence-electron chi connectivity index (χ2n) is 2.47. The molecule has 7 nitrogen and oxygen atoms in total. The van der Waals surface area contributed by atoms with E-state index in [1.165, 1.54) is 0 Å². The lowest BCUT2D eigenvalue weighted by atomic mass is 10.2. The topological polar surface area (TPSA) is 140 Å². The van der Waals surface area contributed by atoms with Crippen LogP contribution in [0.2, 0.25) is 0 Å². The Balaban J connectivity index is 3.42. The third-order valence-electron chi connectivity index (χ3n) is 1.49. The zero-order chi connectivity index (χ0) is 10.9. The van der Waals surface area contributed by atoms with Crippen LogP contribution in [0.1, 0.15) is 21.0 Å². The first-order chi connectivity index (χ1) is 6.43. The van der Waals surface area contributed by atoms with Gasteiger partial charge in [-0.05, 0) is 6.07 Å². The lowest BCUT2D eigenvalue weighted by Crippen LogP contribution is -2.13. The Morgan fingerprint density at radius 3 is 1.71 bits per heavy atom. The van der Waals surface area contributed by atoms with Gasteiger partial charge in [0.2, 0.25) is 0 Å². The maximum Gasteiger partial charge on any atom is 0.356 e. The molecule has 0 aliphatic rings. The quantitative estimate of drug-likeness (QED) is 0.507. The fourth-order valence-corrected chi connectivity index (χ4v) is 0.888. The van der Waals surface area contributed by atoms with E-state index in [0.29, 0.717) is 0 Å². The van der Waals surface area contributed by atoms with Crippen molar-refractivity contribution in [3.63, 3.8) is 0 Å². The molecule has 0 radical (unpaired) electrons. The Bertz CT molecular complexity index is 380. The van der Waals surface area contributed by atoms with E-state index in [1.54, 1.807) is 0 Å². The van der Waals surface area contributed by atoms with Crippen LogP contribution in [-0.4, -0.2) is 27.1 Å². The van der Waals surface area contributed by atoms with Gasteiger partial charge in [-0.2, -0.15) is 0 Å². The lowest BCUT2D eigenvalue weighted by molar-refractivity contribution is 0.0687. The van der Waals surface area contributed by atoms with Crippen LogP contribution in [0, 0.1) is 0 Å². The summed E-state index contributed by atoms with van der Waals surface area (Å²) in [5.74, 6) is -2.80. The molecule has 0 atom stereocenters. The normalized spacial score (nSPS) is 9.71. The number of nitrogen functional groups attached to an aromatic ring is 2. The van der Waals surface area contributed by atoms with E-state index in [4.69, 9.17) is 21.7 Å². The number of carboxylic acid groups (broad SMARTS) is 2. The van der Waals surface area contributed by atoms with Crippen molar-refractivity contribution in [1.82, 2.24) is 4.98 Å². The van der Waals surface area contributed by atoms with E-state index in [9.17, 15) is 9.59 Å². The monoisotopic (exact) mass is 197 g/mol. The molecule has 74 valence electrons. The first-order valence-electron chi connectivity index (χ1n) is 3.46. The van der Waals surface area contributed by atoms with Gasteiger partial charge in [0, 0.05) is 0 Å². The van der Waals surface area contributed by atoms with Gasteiger partial charge in [-0.25, -0.2) is 14.6 Å². The summed E-state index contributed by atoms with van der Waals surface area (Å²) in [7, 11) is 0. The highest BCUT2D eigenvalue weighted by Gasteiger charge is 2.17. The number of nitrogens with two attached hydrogens (primary N) is 2. The summed E-state index contributed by atoms with van der Waals surface area (Å²) >= 11 is 0. The van der Waals surface area contributed by atoms with Crippen molar-refractivity contribution in [2.45, 2.75) is 0 Å². The van der Waals surface area contributed by atoms with Crippen LogP contribution >= 0.6 is 0 Å². The standard InChI is InChI=1S/C7H7N3O4/c8-2-1-3(9)5(7(13)14)10-4(2)6(11)12/h1H,8-9H2,(H,11,12)(H,13,14). The number of hydrogen-bond donors (Lipinski definition) is 4. The molecular weight excluding hydrogens is 190 g/mol. The Labute approximate surface area is 78.0 Å². The zero-order valence-electron chi connectivity index (χ0n) is 6.89. The third-order valence-corrected chi connectivity index (χ3v) is 1.49. The molecule has 0 unspecified atom stereocenters. The van der Waals surface area contributed by atoms with Gasteiger partial charge in [-0.1, -0.05) is 0 Å². The maximum absolute atomic E-state index is 10.5. The van der Waals surface area contributed by atoms with Crippen molar-refractivity contribution in [3.8, 4) is 0 Å². The van der Waals surface area contributed by atoms with Crippen LogP contribution < -0.4 is 11.5 Å². The molecule has 0 saturated carbocycles. The van der Waals surface area contributed by atoms with Gasteiger partial charge in [0.05, 0.1) is 11.4 Å². The second kappa shape index (κ2) is 3.21. The van der Waals surface area contributed by atoms with Gasteiger partial charge >= 0.3 is 11.9 Å². The summed E-state index contributed by atoms with van der Waals surface area (Å²) in [6, 6.07) is 1.06. The van der Waals surface area contributed by atoms with Crippen molar-refractivity contribution >= 4 is 23.3 Å². The van der Waals surface area contributed by atoms with Gasteiger partial charge < -0.3 is 21.7 Å². The van der Waals surface area contributed by atoms with E-state index in [0.717, 1.165) is 6.07 Å². The maximum atomic E-state index is 10.5. The van der Waals surface area contributed by atoms with Crippen LogP contribution in [0.3, 0.4) is 0 Å². The van der Waals surface area contributed by atoms with Crippen molar-refractivity contribution in [3.05, 3.63) is 17.5 Å². The molecule has 0 bridgehead atoms. The third kappa shape index (κ3) is 1.56. The average molecular weight is 197 g/mol. The number of nitrogens with zero attached hydrogens (tertiary/aromatic N) is 1. The summed E-state index contributed by atoms with van der Waals surface area (Å²) < 4.78 is 0. The molecule has 1 aromatic heterocycles. The molecule has 6 N–H and O–H groups in total. The first-order valence-corrected chi connectivity index (χ1v) is 3.46. The summed E-state index contributed by atoms with van der Waals surface area (Å²) in [5.41, 5.74) is 9.18. The Morgan fingerprint density at radius 2 is 1.43 bits per heavy atom. The van der Waals surface area contributed by atoms with Crippen LogP contribution in [-0.2, 0) is 0 Å². The average Bonchev–Trinajstić information content (AvgIpc) is 2.02. The highest BCUT2D eigenvalue weighted by molar-refractivity contribution is 5.97. The van der Waals surface area contributed by atoms with Gasteiger partial charge in [-0.3, -0.25) is 0 Å². The minimum absolute atomic E-state index is 0.167. The number of carboxylic acids is 2. The van der Waals surface area contributed by atoms with E-state index in [-0.39, 0.29) is 11.4 Å². The van der Waals surface area contributed by atoms with E-state index in [2.05, 4.69) is 4.98 Å². The van der Waals surface area contributed by atoms with Crippen LogP contribution in [0.4, 0.5) is 11.4 Å². The number of hydrogen-bond acceptors (Lipinski definition) is 5. The molecular formula is C7H7N3O4. The molecule has 0 aliphatic heterocycles. The fourth-order valence-electron chi connectivity index (χ4n) is 0.888. The Hall–Kier alpha value is -2.31. The summed E-state index contributed by atoms with van der Waals surface area (Å²) in [6.45, 7) is 0. The van der Waals surface area contributed by atoms with Gasteiger partial charge in [-0.15, -0.1) is 0 Å². The number of aromatic nitrogens is 1. The molecule has 0 spiro atoms. The molecule has 1 rings (SSSR count). The molecule has 0 aromatic carbocycles. The highest BCUT2D eigenvalue weighted by atomic mass is 16.4. The molecule has 0 saturated heterocycles. The number of anilines is 2. The molecule has 0 fully saturated rings. The predicted octanol–water partition coefficient (Wildman–Crippen LogP) is -0.358. The molecule has 1 heterocycles. The summed E-state index contributed by atoms with van der Waals surface area (Å²) in [5, 5.41) is 17.2. The zero-order valence-corrected chi connectivity index (χ0v) is 6.89. The van der Waals surface area contributed by atoms with Crippen molar-refractivity contribution < 1.29 is 19.8 Å². The minimum atomic E-state index is -1.40.